The number of aromatic nitrogens is 1. The molecule has 1 aromatic carbocycles. The third kappa shape index (κ3) is 3.10. The monoisotopic (exact) mass is 319 g/mol. The van der Waals surface area contributed by atoms with Crippen molar-refractivity contribution in [2.24, 2.45) is 0 Å². The molecule has 0 saturated carbocycles. The largest absolute Gasteiger partial charge is 0.372 e. The van der Waals surface area contributed by atoms with Crippen molar-refractivity contribution in [2.45, 2.75) is 26.1 Å². The summed E-state index contributed by atoms with van der Waals surface area (Å²) in [4.78, 5) is 17.3. The molecule has 0 N–H and O–H groups in total. The van der Waals surface area contributed by atoms with Gasteiger partial charge in [0.05, 0.1) is 22.8 Å². The van der Waals surface area contributed by atoms with Gasteiger partial charge in [0.15, 0.2) is 5.13 Å². The number of hydrogen-bond acceptors (Lipinski definition) is 6. The van der Waals surface area contributed by atoms with Crippen LogP contribution in [0.25, 0.3) is 11.3 Å². The molecule has 3 rings (SSSR count). The molecule has 2 aromatic rings. The van der Waals surface area contributed by atoms with Crippen LogP contribution in [-0.2, 0) is 4.74 Å². The maximum atomic E-state index is 10.9. The molecule has 116 valence electrons. The Morgan fingerprint density at radius 3 is 2.77 bits per heavy atom. The summed E-state index contributed by atoms with van der Waals surface area (Å²) in [6, 6.07) is 6.58. The second-order valence-corrected chi connectivity index (χ2v) is 6.32. The quantitative estimate of drug-likeness (QED) is 0.641. The number of nitro groups is 1. The summed E-state index contributed by atoms with van der Waals surface area (Å²) >= 11 is 1.56. The van der Waals surface area contributed by atoms with Gasteiger partial charge < -0.3 is 9.64 Å². The third-order valence-electron chi connectivity index (χ3n) is 3.53. The van der Waals surface area contributed by atoms with E-state index in [4.69, 9.17) is 4.74 Å². The van der Waals surface area contributed by atoms with E-state index in [0.29, 0.717) is 0 Å². The highest BCUT2D eigenvalue weighted by Gasteiger charge is 2.24. The summed E-state index contributed by atoms with van der Waals surface area (Å²) in [5.74, 6) is 0. The number of morpholine rings is 1. The van der Waals surface area contributed by atoms with Gasteiger partial charge in [-0.1, -0.05) is 12.1 Å². The van der Waals surface area contributed by atoms with Gasteiger partial charge in [0.25, 0.3) is 5.69 Å². The molecule has 0 bridgehead atoms. The first-order valence-corrected chi connectivity index (χ1v) is 8.01. The van der Waals surface area contributed by atoms with Crippen molar-refractivity contribution >= 4 is 22.2 Å². The maximum Gasteiger partial charge on any atom is 0.270 e. The number of rotatable bonds is 3. The predicted molar refractivity (Wildman–Crippen MR) is 86.4 cm³/mol. The summed E-state index contributed by atoms with van der Waals surface area (Å²) in [7, 11) is 0. The average molecular weight is 319 g/mol. The summed E-state index contributed by atoms with van der Waals surface area (Å²) in [6.07, 6.45) is 0.350. The van der Waals surface area contributed by atoms with Gasteiger partial charge in [0.2, 0.25) is 0 Å². The summed E-state index contributed by atoms with van der Waals surface area (Å²) in [5.41, 5.74) is 1.63. The lowest BCUT2D eigenvalue weighted by molar-refractivity contribution is -0.384. The lowest BCUT2D eigenvalue weighted by atomic mass is 10.1. The van der Waals surface area contributed by atoms with Gasteiger partial charge in [0, 0.05) is 36.2 Å². The second-order valence-electron chi connectivity index (χ2n) is 5.49. The van der Waals surface area contributed by atoms with Crippen molar-refractivity contribution in [3.63, 3.8) is 0 Å². The Bertz CT molecular complexity index is 678. The van der Waals surface area contributed by atoms with Crippen molar-refractivity contribution in [2.75, 3.05) is 18.0 Å². The number of benzene rings is 1. The number of thiazole rings is 1. The highest BCUT2D eigenvalue weighted by atomic mass is 32.1. The molecule has 6 nitrogen and oxygen atoms in total. The van der Waals surface area contributed by atoms with Gasteiger partial charge in [0.1, 0.15) is 0 Å². The molecule has 0 amide bonds. The summed E-state index contributed by atoms with van der Waals surface area (Å²) in [6.45, 7) is 5.73. The van der Waals surface area contributed by atoms with Crippen LogP contribution in [0.1, 0.15) is 13.8 Å². The number of anilines is 1. The van der Waals surface area contributed by atoms with Crippen LogP contribution >= 0.6 is 11.3 Å². The molecule has 0 unspecified atom stereocenters. The van der Waals surface area contributed by atoms with Gasteiger partial charge in [-0.25, -0.2) is 4.98 Å². The van der Waals surface area contributed by atoms with E-state index >= 15 is 0 Å². The zero-order chi connectivity index (χ0) is 15.7. The number of non-ortho nitro benzene ring substituents is 1. The van der Waals surface area contributed by atoms with E-state index in [1.54, 1.807) is 23.5 Å². The van der Waals surface area contributed by atoms with Crippen molar-refractivity contribution in [3.8, 4) is 11.3 Å². The molecule has 0 aliphatic carbocycles. The van der Waals surface area contributed by atoms with Crippen LogP contribution in [0.15, 0.2) is 29.6 Å². The topological polar surface area (TPSA) is 68.5 Å². The first kappa shape index (κ1) is 14.9. The average Bonchev–Trinajstić information content (AvgIpc) is 2.96. The van der Waals surface area contributed by atoms with Crippen LogP contribution in [-0.4, -0.2) is 35.2 Å². The summed E-state index contributed by atoms with van der Waals surface area (Å²) in [5, 5.41) is 13.8. The maximum absolute atomic E-state index is 10.9. The number of nitro benzene ring substituents is 1. The fraction of sp³-hybridized carbons (Fsp3) is 0.400. The minimum Gasteiger partial charge on any atom is -0.372 e. The van der Waals surface area contributed by atoms with E-state index in [2.05, 4.69) is 23.7 Å². The first-order valence-electron chi connectivity index (χ1n) is 7.13. The highest BCUT2D eigenvalue weighted by molar-refractivity contribution is 7.14. The van der Waals surface area contributed by atoms with E-state index < -0.39 is 0 Å². The van der Waals surface area contributed by atoms with Crippen molar-refractivity contribution in [1.29, 1.82) is 0 Å². The van der Waals surface area contributed by atoms with E-state index in [1.807, 2.05) is 11.4 Å². The SMILES string of the molecule is C[C@H]1CN(c2nc(-c3cccc([N+](=O)[O-])c3)cs2)C[C@H](C)O1. The molecule has 1 saturated heterocycles. The van der Waals surface area contributed by atoms with Crippen LogP contribution < -0.4 is 4.90 Å². The third-order valence-corrected chi connectivity index (χ3v) is 4.44. The normalized spacial score (nSPS) is 21.8. The van der Waals surface area contributed by atoms with Crippen molar-refractivity contribution in [3.05, 3.63) is 39.8 Å². The molecular weight excluding hydrogens is 302 g/mol. The molecule has 2 atom stereocenters. The molecule has 0 radical (unpaired) electrons. The molecule has 22 heavy (non-hydrogen) atoms. The Balaban J connectivity index is 1.84. The minimum absolute atomic E-state index is 0.0840. The van der Waals surface area contributed by atoms with Gasteiger partial charge in [-0.15, -0.1) is 11.3 Å². The van der Waals surface area contributed by atoms with Crippen LogP contribution in [0, 0.1) is 10.1 Å². The fourth-order valence-electron chi connectivity index (χ4n) is 2.65. The smallest absolute Gasteiger partial charge is 0.270 e. The number of hydrogen-bond donors (Lipinski definition) is 0. The second kappa shape index (κ2) is 6.02. The van der Waals surface area contributed by atoms with Gasteiger partial charge in [-0.05, 0) is 13.8 Å². The molecule has 2 heterocycles. The van der Waals surface area contributed by atoms with Crippen molar-refractivity contribution < 1.29 is 9.66 Å². The predicted octanol–water partition coefficient (Wildman–Crippen LogP) is 3.33. The molecule has 1 aliphatic heterocycles. The van der Waals surface area contributed by atoms with E-state index in [-0.39, 0.29) is 22.8 Å². The minimum atomic E-state index is -0.387. The Hall–Kier alpha value is -1.99. The van der Waals surface area contributed by atoms with E-state index in [1.165, 1.54) is 6.07 Å². The van der Waals surface area contributed by atoms with Gasteiger partial charge in [-0.2, -0.15) is 0 Å². The van der Waals surface area contributed by atoms with Crippen LogP contribution in [0.2, 0.25) is 0 Å². The molecular formula is C15H17N3O3S. The van der Waals surface area contributed by atoms with E-state index in [9.17, 15) is 10.1 Å². The Morgan fingerprint density at radius 1 is 1.36 bits per heavy atom. The molecule has 1 aliphatic rings. The molecule has 7 heteroatoms. The Kier molecular flexibility index (Phi) is 4.08. The molecule has 1 aromatic heterocycles. The zero-order valence-electron chi connectivity index (χ0n) is 12.4. The summed E-state index contributed by atoms with van der Waals surface area (Å²) < 4.78 is 5.73. The number of ether oxygens (including phenoxy) is 1. The first-order chi connectivity index (χ1) is 10.5. The van der Waals surface area contributed by atoms with Crippen LogP contribution in [0.3, 0.4) is 0 Å². The van der Waals surface area contributed by atoms with E-state index in [0.717, 1.165) is 29.5 Å². The molecule has 1 fully saturated rings. The standard InChI is InChI=1S/C15H17N3O3S/c1-10-7-17(8-11(2)21-10)15-16-14(9-22-15)12-4-3-5-13(6-12)18(19)20/h3-6,9-11H,7-8H2,1-2H3/t10-,11-/m0/s1. The van der Waals surface area contributed by atoms with Crippen LogP contribution in [0.5, 0.6) is 0 Å². The lowest BCUT2D eigenvalue weighted by Gasteiger charge is -2.35. The highest BCUT2D eigenvalue weighted by Crippen LogP contribution is 2.30. The van der Waals surface area contributed by atoms with Gasteiger partial charge in [-0.3, -0.25) is 10.1 Å². The Labute approximate surface area is 132 Å². The van der Waals surface area contributed by atoms with Crippen molar-refractivity contribution in [1.82, 2.24) is 4.98 Å². The zero-order valence-corrected chi connectivity index (χ0v) is 13.2. The number of nitrogens with zero attached hydrogens (tertiary/aromatic N) is 3. The fourth-order valence-corrected chi connectivity index (χ4v) is 3.51. The van der Waals surface area contributed by atoms with Crippen LogP contribution in [0.4, 0.5) is 10.8 Å². The Morgan fingerprint density at radius 2 is 2.09 bits per heavy atom. The lowest BCUT2D eigenvalue weighted by Crippen LogP contribution is -2.45. The molecule has 0 spiro atoms. The van der Waals surface area contributed by atoms with Gasteiger partial charge >= 0.3 is 0 Å².